The summed E-state index contributed by atoms with van der Waals surface area (Å²) in [5.41, 5.74) is 1.77. The number of fused-ring (bicyclic) bond motifs is 1. The van der Waals surface area contributed by atoms with Gasteiger partial charge < -0.3 is 20.1 Å². The fourth-order valence-corrected chi connectivity index (χ4v) is 4.35. The molecule has 6 nitrogen and oxygen atoms in total. The zero-order chi connectivity index (χ0) is 16.4. The molecule has 1 aromatic carbocycles. The fourth-order valence-electron chi connectivity index (χ4n) is 2.66. The molecule has 2 aliphatic heterocycles. The lowest BCUT2D eigenvalue weighted by Crippen LogP contribution is -2.39. The number of nitrogens with zero attached hydrogens (tertiary/aromatic N) is 1. The molecule has 3 heterocycles. The summed E-state index contributed by atoms with van der Waals surface area (Å²) in [5, 5.41) is 8.82. The predicted octanol–water partition coefficient (Wildman–Crippen LogP) is 2.99. The summed E-state index contributed by atoms with van der Waals surface area (Å²) in [6, 6.07) is 5.97. The number of hydrogen-bond donors (Lipinski definition) is 2. The SMILES string of the molecule is Cl.O=C(CC1CSCCN1)Nc1nc(-c2ccc3c(c2)OCO3)cs1. The van der Waals surface area contributed by atoms with E-state index in [1.165, 1.54) is 11.3 Å². The highest BCUT2D eigenvalue weighted by molar-refractivity contribution is 7.99. The third-order valence-corrected chi connectivity index (χ3v) is 5.74. The van der Waals surface area contributed by atoms with E-state index in [9.17, 15) is 4.79 Å². The van der Waals surface area contributed by atoms with E-state index < -0.39 is 0 Å². The van der Waals surface area contributed by atoms with Gasteiger partial charge in [0.25, 0.3) is 0 Å². The van der Waals surface area contributed by atoms with Gasteiger partial charge in [-0.15, -0.1) is 23.7 Å². The number of halogens is 1. The molecule has 1 amide bonds. The molecule has 0 aliphatic carbocycles. The number of nitrogens with one attached hydrogen (secondary N) is 2. The maximum atomic E-state index is 12.1. The molecule has 1 fully saturated rings. The second-order valence-corrected chi connectivity index (χ2v) is 7.59. The highest BCUT2D eigenvalue weighted by Gasteiger charge is 2.18. The van der Waals surface area contributed by atoms with E-state index in [2.05, 4.69) is 15.6 Å². The molecule has 0 spiro atoms. The number of amides is 1. The van der Waals surface area contributed by atoms with Crippen LogP contribution in [0.5, 0.6) is 11.5 Å². The average Bonchev–Trinajstić information content (AvgIpc) is 3.24. The second kappa shape index (κ2) is 8.27. The van der Waals surface area contributed by atoms with Crippen molar-refractivity contribution >= 4 is 46.5 Å². The monoisotopic (exact) mass is 399 g/mol. The molecule has 134 valence electrons. The summed E-state index contributed by atoms with van der Waals surface area (Å²) in [4.78, 5) is 16.7. The minimum absolute atomic E-state index is 0. The first-order valence-corrected chi connectivity index (χ1v) is 9.78. The lowest BCUT2D eigenvalue weighted by atomic mass is 10.1. The number of carbonyl (C=O) groups is 1. The molecule has 9 heteroatoms. The largest absolute Gasteiger partial charge is 0.454 e. The average molecular weight is 400 g/mol. The smallest absolute Gasteiger partial charge is 0.231 e. The second-order valence-electron chi connectivity index (χ2n) is 5.58. The molecule has 0 bridgehead atoms. The van der Waals surface area contributed by atoms with Crippen LogP contribution in [-0.4, -0.2) is 41.8 Å². The number of anilines is 1. The third kappa shape index (κ3) is 4.38. The number of thiazole rings is 1. The van der Waals surface area contributed by atoms with Crippen LogP contribution in [0.3, 0.4) is 0 Å². The van der Waals surface area contributed by atoms with Crippen molar-refractivity contribution in [2.45, 2.75) is 12.5 Å². The zero-order valence-corrected chi connectivity index (χ0v) is 15.8. The number of aromatic nitrogens is 1. The van der Waals surface area contributed by atoms with Crippen LogP contribution in [0, 0.1) is 0 Å². The van der Waals surface area contributed by atoms with E-state index in [0.29, 0.717) is 11.6 Å². The number of rotatable bonds is 4. The maximum Gasteiger partial charge on any atom is 0.231 e. The van der Waals surface area contributed by atoms with Crippen molar-refractivity contribution in [2.24, 2.45) is 0 Å². The quantitative estimate of drug-likeness (QED) is 0.823. The van der Waals surface area contributed by atoms with Crippen molar-refractivity contribution in [2.75, 3.05) is 30.2 Å². The summed E-state index contributed by atoms with van der Waals surface area (Å²) >= 11 is 3.31. The first-order valence-electron chi connectivity index (χ1n) is 7.74. The lowest BCUT2D eigenvalue weighted by molar-refractivity contribution is -0.116. The van der Waals surface area contributed by atoms with E-state index in [-0.39, 0.29) is 31.1 Å². The van der Waals surface area contributed by atoms with Gasteiger partial charge in [-0.2, -0.15) is 11.8 Å². The number of carbonyl (C=O) groups excluding carboxylic acids is 1. The van der Waals surface area contributed by atoms with Gasteiger partial charge in [-0.3, -0.25) is 4.79 Å². The lowest BCUT2D eigenvalue weighted by Gasteiger charge is -2.22. The zero-order valence-electron chi connectivity index (χ0n) is 13.3. The van der Waals surface area contributed by atoms with Crippen molar-refractivity contribution < 1.29 is 14.3 Å². The Kier molecular flexibility index (Phi) is 6.06. The topological polar surface area (TPSA) is 72.5 Å². The number of hydrogen-bond acceptors (Lipinski definition) is 7. The van der Waals surface area contributed by atoms with Crippen LogP contribution in [0.1, 0.15) is 6.42 Å². The molecule has 2 aliphatic rings. The van der Waals surface area contributed by atoms with Crippen LogP contribution in [0.15, 0.2) is 23.6 Å². The number of ether oxygens (including phenoxy) is 2. The van der Waals surface area contributed by atoms with Crippen LogP contribution in [0.2, 0.25) is 0 Å². The minimum atomic E-state index is 0. The molecule has 1 aromatic heterocycles. The molecule has 2 N–H and O–H groups in total. The molecule has 4 rings (SSSR count). The normalized spacial score (nSPS) is 18.5. The van der Waals surface area contributed by atoms with Crippen LogP contribution >= 0.6 is 35.5 Å². The van der Waals surface area contributed by atoms with Gasteiger partial charge in [0.2, 0.25) is 12.7 Å². The highest BCUT2D eigenvalue weighted by Crippen LogP contribution is 2.36. The third-order valence-electron chi connectivity index (χ3n) is 3.85. The number of thioether (sulfide) groups is 1. The minimum Gasteiger partial charge on any atom is -0.454 e. The van der Waals surface area contributed by atoms with Crippen molar-refractivity contribution in [3.63, 3.8) is 0 Å². The standard InChI is InChI=1S/C16H17N3O3S2.ClH/c20-15(6-11-7-23-4-3-17-11)19-16-18-12(8-24-16)10-1-2-13-14(5-10)22-9-21-13;/h1-2,5,8,11,17H,3-4,6-7,9H2,(H,18,19,20);1H. The molecule has 0 saturated carbocycles. The Labute approximate surface area is 160 Å². The summed E-state index contributed by atoms with van der Waals surface area (Å²) in [6.07, 6.45) is 0.478. The fraction of sp³-hybridized carbons (Fsp3) is 0.375. The summed E-state index contributed by atoms with van der Waals surface area (Å²) in [7, 11) is 0. The van der Waals surface area contributed by atoms with E-state index >= 15 is 0 Å². The van der Waals surface area contributed by atoms with Gasteiger partial charge in [-0.05, 0) is 18.2 Å². The molecular weight excluding hydrogens is 382 g/mol. The summed E-state index contributed by atoms with van der Waals surface area (Å²) in [5.74, 6) is 3.57. The van der Waals surface area contributed by atoms with Gasteiger partial charge in [0.15, 0.2) is 16.6 Å². The molecule has 25 heavy (non-hydrogen) atoms. The van der Waals surface area contributed by atoms with Gasteiger partial charge in [0.05, 0.1) is 5.69 Å². The van der Waals surface area contributed by atoms with E-state index in [1.807, 2.05) is 35.3 Å². The molecule has 2 aromatic rings. The van der Waals surface area contributed by atoms with E-state index in [0.717, 1.165) is 40.8 Å². The maximum absolute atomic E-state index is 12.1. The highest BCUT2D eigenvalue weighted by atomic mass is 35.5. The number of benzene rings is 1. The Balaban J connectivity index is 0.00000182. The van der Waals surface area contributed by atoms with Crippen molar-refractivity contribution in [3.05, 3.63) is 23.6 Å². The molecule has 1 saturated heterocycles. The van der Waals surface area contributed by atoms with Gasteiger partial charge in [0, 0.05) is 41.5 Å². The van der Waals surface area contributed by atoms with Gasteiger partial charge >= 0.3 is 0 Å². The van der Waals surface area contributed by atoms with Crippen molar-refractivity contribution in [1.29, 1.82) is 0 Å². The van der Waals surface area contributed by atoms with Crippen LogP contribution in [-0.2, 0) is 4.79 Å². The van der Waals surface area contributed by atoms with E-state index in [1.54, 1.807) is 0 Å². The summed E-state index contributed by atoms with van der Waals surface area (Å²) < 4.78 is 10.7. The molecule has 0 radical (unpaired) electrons. The Morgan fingerprint density at radius 1 is 1.36 bits per heavy atom. The molecule has 1 atom stereocenters. The van der Waals surface area contributed by atoms with Crippen molar-refractivity contribution in [1.82, 2.24) is 10.3 Å². The Morgan fingerprint density at radius 3 is 3.08 bits per heavy atom. The van der Waals surface area contributed by atoms with Gasteiger partial charge in [-0.1, -0.05) is 0 Å². The Bertz CT molecular complexity index is 750. The Morgan fingerprint density at radius 2 is 2.24 bits per heavy atom. The van der Waals surface area contributed by atoms with Crippen molar-refractivity contribution in [3.8, 4) is 22.8 Å². The summed E-state index contributed by atoms with van der Waals surface area (Å²) in [6.45, 7) is 1.22. The first kappa shape index (κ1) is 18.3. The molecular formula is C16H18ClN3O3S2. The van der Waals surface area contributed by atoms with E-state index in [4.69, 9.17) is 9.47 Å². The Hall–Kier alpha value is -1.48. The van der Waals surface area contributed by atoms with Crippen LogP contribution < -0.4 is 20.1 Å². The van der Waals surface area contributed by atoms with Crippen LogP contribution in [0.4, 0.5) is 5.13 Å². The predicted molar refractivity (Wildman–Crippen MR) is 103 cm³/mol. The van der Waals surface area contributed by atoms with Gasteiger partial charge in [0.1, 0.15) is 0 Å². The first-order chi connectivity index (χ1) is 11.8. The van der Waals surface area contributed by atoms with Gasteiger partial charge in [-0.25, -0.2) is 4.98 Å². The molecule has 1 unspecified atom stereocenters. The van der Waals surface area contributed by atoms with Crippen LogP contribution in [0.25, 0.3) is 11.3 Å².